The van der Waals surface area contributed by atoms with Crippen molar-refractivity contribution in [3.05, 3.63) is 46.4 Å². The van der Waals surface area contributed by atoms with E-state index in [0.29, 0.717) is 22.8 Å². The molecule has 3 nitrogen and oxygen atoms in total. The Balaban J connectivity index is 2.34. The molecule has 0 spiro atoms. The van der Waals surface area contributed by atoms with E-state index in [9.17, 15) is 13.2 Å². The molecule has 112 valence electrons. The number of hydrogen-bond acceptors (Lipinski definition) is 3. The van der Waals surface area contributed by atoms with E-state index in [-0.39, 0.29) is 4.47 Å². The Labute approximate surface area is 128 Å². The molecule has 0 saturated heterocycles. The lowest BCUT2D eigenvalue weighted by atomic mass is 10.2. The fraction of sp³-hybridized carbons (Fsp3) is 0.143. The molecule has 0 aliphatic rings. The minimum absolute atomic E-state index is 0.00861. The van der Waals surface area contributed by atoms with E-state index in [1.807, 2.05) is 0 Å². The monoisotopic (exact) mass is 360 g/mol. The molecular weight excluding hydrogens is 349 g/mol. The first kappa shape index (κ1) is 15.5. The van der Waals surface area contributed by atoms with E-state index in [1.54, 1.807) is 18.2 Å². The van der Waals surface area contributed by atoms with E-state index >= 15 is 0 Å². The standard InChI is InChI=1S/C14H12BrF3N2O/c1-21-11-5-8(19)4-10(6-11)20-9-2-3-13(15)12(7-9)14(16,17)18/h2-7,20H,19H2,1H3. The van der Waals surface area contributed by atoms with Crippen LogP contribution in [0.5, 0.6) is 5.75 Å². The molecular formula is C14H12BrF3N2O. The number of rotatable bonds is 3. The third-order valence-corrected chi connectivity index (χ3v) is 3.42. The van der Waals surface area contributed by atoms with E-state index in [0.717, 1.165) is 6.07 Å². The Kier molecular flexibility index (Phi) is 4.32. The predicted molar refractivity (Wildman–Crippen MR) is 79.8 cm³/mol. The van der Waals surface area contributed by atoms with Crippen molar-refractivity contribution in [2.45, 2.75) is 6.18 Å². The van der Waals surface area contributed by atoms with Gasteiger partial charge in [-0.1, -0.05) is 15.9 Å². The van der Waals surface area contributed by atoms with Crippen LogP contribution in [0.15, 0.2) is 40.9 Å². The van der Waals surface area contributed by atoms with Crippen LogP contribution in [0.4, 0.5) is 30.2 Å². The van der Waals surface area contributed by atoms with Crippen molar-refractivity contribution in [1.82, 2.24) is 0 Å². The third-order valence-electron chi connectivity index (χ3n) is 2.72. The molecule has 0 bridgehead atoms. The number of methoxy groups -OCH3 is 1. The first-order valence-electron chi connectivity index (χ1n) is 5.88. The van der Waals surface area contributed by atoms with Crippen molar-refractivity contribution in [3.8, 4) is 5.75 Å². The van der Waals surface area contributed by atoms with Crippen molar-refractivity contribution in [1.29, 1.82) is 0 Å². The Morgan fingerprint density at radius 2 is 1.81 bits per heavy atom. The van der Waals surface area contributed by atoms with E-state index < -0.39 is 11.7 Å². The average Bonchev–Trinajstić information content (AvgIpc) is 2.39. The Hall–Kier alpha value is -1.89. The Bertz CT molecular complexity index is 659. The second kappa shape index (κ2) is 5.85. The van der Waals surface area contributed by atoms with E-state index in [4.69, 9.17) is 10.5 Å². The van der Waals surface area contributed by atoms with Crippen LogP contribution in [0, 0.1) is 0 Å². The highest BCUT2D eigenvalue weighted by molar-refractivity contribution is 9.10. The number of nitrogens with one attached hydrogen (secondary N) is 1. The molecule has 7 heteroatoms. The second-order valence-corrected chi connectivity index (χ2v) is 5.17. The molecule has 0 atom stereocenters. The molecule has 2 aromatic rings. The van der Waals surface area contributed by atoms with Crippen molar-refractivity contribution in [2.24, 2.45) is 0 Å². The summed E-state index contributed by atoms with van der Waals surface area (Å²) in [5.41, 5.74) is 6.25. The summed E-state index contributed by atoms with van der Waals surface area (Å²) in [6.07, 6.45) is -4.43. The van der Waals surface area contributed by atoms with Gasteiger partial charge in [0.2, 0.25) is 0 Å². The van der Waals surface area contributed by atoms with E-state index in [1.165, 1.54) is 19.2 Å². The number of ether oxygens (including phenoxy) is 1. The van der Waals surface area contributed by atoms with Crippen LogP contribution in [0.2, 0.25) is 0 Å². The smallest absolute Gasteiger partial charge is 0.417 e. The number of anilines is 3. The highest BCUT2D eigenvalue weighted by atomic mass is 79.9. The highest BCUT2D eigenvalue weighted by Crippen LogP contribution is 2.37. The van der Waals surface area contributed by atoms with Crippen molar-refractivity contribution >= 4 is 33.0 Å². The SMILES string of the molecule is COc1cc(N)cc(Nc2ccc(Br)c(C(F)(F)F)c2)c1. The lowest BCUT2D eigenvalue weighted by Crippen LogP contribution is -2.06. The molecule has 0 aromatic heterocycles. The summed E-state index contributed by atoms with van der Waals surface area (Å²) in [5, 5.41) is 2.88. The molecule has 21 heavy (non-hydrogen) atoms. The molecule has 0 saturated carbocycles. The molecule has 0 fully saturated rings. The number of benzene rings is 2. The zero-order valence-corrected chi connectivity index (χ0v) is 12.5. The fourth-order valence-corrected chi connectivity index (χ4v) is 2.27. The van der Waals surface area contributed by atoms with Crippen LogP contribution < -0.4 is 15.8 Å². The number of halogens is 4. The van der Waals surface area contributed by atoms with Gasteiger partial charge in [-0.2, -0.15) is 13.2 Å². The molecule has 0 radical (unpaired) electrons. The van der Waals surface area contributed by atoms with Gasteiger partial charge in [-0.05, 0) is 24.3 Å². The van der Waals surface area contributed by atoms with Gasteiger partial charge in [0.15, 0.2) is 0 Å². The number of nitrogen functional groups attached to an aromatic ring is 1. The van der Waals surface area contributed by atoms with Gasteiger partial charge < -0.3 is 15.8 Å². The molecule has 0 aliphatic carbocycles. The van der Waals surface area contributed by atoms with Crippen molar-refractivity contribution < 1.29 is 17.9 Å². The maximum absolute atomic E-state index is 12.9. The first-order valence-corrected chi connectivity index (χ1v) is 6.67. The van der Waals surface area contributed by atoms with Gasteiger partial charge in [0.1, 0.15) is 5.75 Å². The minimum atomic E-state index is -4.43. The largest absolute Gasteiger partial charge is 0.497 e. The van der Waals surface area contributed by atoms with Gasteiger partial charge in [-0.3, -0.25) is 0 Å². The molecule has 0 heterocycles. The van der Waals surface area contributed by atoms with E-state index in [2.05, 4.69) is 21.2 Å². The van der Waals surface area contributed by atoms with Crippen LogP contribution in [0.3, 0.4) is 0 Å². The summed E-state index contributed by atoms with van der Waals surface area (Å²) in [6.45, 7) is 0. The third kappa shape index (κ3) is 3.81. The first-order chi connectivity index (χ1) is 9.79. The molecule has 0 amide bonds. The second-order valence-electron chi connectivity index (χ2n) is 4.31. The lowest BCUT2D eigenvalue weighted by molar-refractivity contribution is -0.138. The normalized spacial score (nSPS) is 11.3. The maximum atomic E-state index is 12.9. The summed E-state index contributed by atoms with van der Waals surface area (Å²) in [6, 6.07) is 8.78. The van der Waals surface area contributed by atoms with Gasteiger partial charge in [-0.15, -0.1) is 0 Å². The summed E-state index contributed by atoms with van der Waals surface area (Å²) in [7, 11) is 1.49. The quantitative estimate of drug-likeness (QED) is 0.772. The number of nitrogens with two attached hydrogens (primary N) is 1. The predicted octanol–water partition coefficient (Wildman–Crippen LogP) is 4.80. The van der Waals surface area contributed by atoms with Crippen LogP contribution in [0.1, 0.15) is 5.56 Å². The van der Waals surface area contributed by atoms with Gasteiger partial charge in [0.05, 0.1) is 12.7 Å². The Morgan fingerprint density at radius 1 is 1.10 bits per heavy atom. The molecule has 0 unspecified atom stereocenters. The average molecular weight is 361 g/mol. The van der Waals surface area contributed by atoms with Gasteiger partial charge in [-0.25, -0.2) is 0 Å². The summed E-state index contributed by atoms with van der Waals surface area (Å²) < 4.78 is 43.6. The molecule has 3 N–H and O–H groups in total. The van der Waals surface area contributed by atoms with Crippen LogP contribution in [-0.2, 0) is 6.18 Å². The topological polar surface area (TPSA) is 47.3 Å². The molecule has 2 aromatic carbocycles. The molecule has 2 rings (SSSR count). The summed E-state index contributed by atoms with van der Waals surface area (Å²) in [5.74, 6) is 0.519. The van der Waals surface area contributed by atoms with Crippen molar-refractivity contribution in [3.63, 3.8) is 0 Å². The minimum Gasteiger partial charge on any atom is -0.497 e. The van der Waals surface area contributed by atoms with Crippen LogP contribution >= 0.6 is 15.9 Å². The zero-order chi connectivity index (χ0) is 15.6. The molecule has 0 aliphatic heterocycles. The van der Waals surface area contributed by atoms with Gasteiger partial charge in [0.25, 0.3) is 0 Å². The summed E-state index contributed by atoms with van der Waals surface area (Å²) >= 11 is 2.90. The summed E-state index contributed by atoms with van der Waals surface area (Å²) in [4.78, 5) is 0. The van der Waals surface area contributed by atoms with Gasteiger partial charge >= 0.3 is 6.18 Å². The number of hydrogen-bond donors (Lipinski definition) is 2. The van der Waals surface area contributed by atoms with Crippen molar-refractivity contribution in [2.75, 3.05) is 18.2 Å². The maximum Gasteiger partial charge on any atom is 0.417 e. The number of alkyl halides is 3. The zero-order valence-electron chi connectivity index (χ0n) is 11.0. The Morgan fingerprint density at radius 3 is 2.43 bits per heavy atom. The fourth-order valence-electron chi connectivity index (χ4n) is 1.80. The van der Waals surface area contributed by atoms with Crippen LogP contribution in [0.25, 0.3) is 0 Å². The van der Waals surface area contributed by atoms with Gasteiger partial charge in [0, 0.05) is 33.7 Å². The highest BCUT2D eigenvalue weighted by Gasteiger charge is 2.33. The lowest BCUT2D eigenvalue weighted by Gasteiger charge is -2.13. The van der Waals surface area contributed by atoms with Crippen LogP contribution in [-0.4, -0.2) is 7.11 Å².